The van der Waals surface area contributed by atoms with Gasteiger partial charge in [0, 0.05) is 13.0 Å². The largest absolute Gasteiger partial charge is 0.389 e. The van der Waals surface area contributed by atoms with Gasteiger partial charge in [-0.05, 0) is 43.2 Å². The molecule has 25 heavy (non-hydrogen) atoms. The lowest BCUT2D eigenvalue weighted by atomic mass is 9.79. The average molecular weight is 344 g/mol. The third-order valence-corrected chi connectivity index (χ3v) is 6.13. The van der Waals surface area contributed by atoms with Crippen molar-refractivity contribution >= 4 is 0 Å². The van der Waals surface area contributed by atoms with E-state index >= 15 is 0 Å². The van der Waals surface area contributed by atoms with Crippen LogP contribution >= 0.6 is 0 Å². The second kappa shape index (κ2) is 8.03. The fourth-order valence-electron chi connectivity index (χ4n) is 4.94. The van der Waals surface area contributed by atoms with E-state index in [2.05, 4.69) is 6.92 Å². The Morgan fingerprint density at radius 1 is 1.20 bits per heavy atom. The van der Waals surface area contributed by atoms with Crippen molar-refractivity contribution in [1.29, 1.82) is 0 Å². The first-order valence-corrected chi connectivity index (χ1v) is 9.85. The van der Waals surface area contributed by atoms with Crippen LogP contribution in [0.2, 0.25) is 0 Å². The summed E-state index contributed by atoms with van der Waals surface area (Å²) in [6.45, 7) is 2.21. The fraction of sp³-hybridized carbons (Fsp3) is 0.636. The van der Waals surface area contributed by atoms with E-state index in [-0.39, 0.29) is 5.92 Å². The van der Waals surface area contributed by atoms with Gasteiger partial charge in [0.1, 0.15) is 11.7 Å². The summed E-state index contributed by atoms with van der Waals surface area (Å²) in [5.74, 6) is 0.104. The Labute approximate surface area is 151 Å². The quantitative estimate of drug-likeness (QED) is 0.537. The first kappa shape index (κ1) is 18.6. The summed E-state index contributed by atoms with van der Waals surface area (Å²) >= 11 is 0. The molecule has 138 valence electrons. The number of hydrogen-bond acceptors (Lipinski definition) is 3. The van der Waals surface area contributed by atoms with Crippen LogP contribution in [0.25, 0.3) is 0 Å². The SMILES string of the molecule is CCCCCCC1=C2CCC[C@@H]2[C@H](O)[C@@]1(O)[C@H](OC)c1ccccc1. The molecule has 0 unspecified atom stereocenters. The van der Waals surface area contributed by atoms with Crippen molar-refractivity contribution in [1.82, 2.24) is 0 Å². The zero-order valence-corrected chi connectivity index (χ0v) is 15.6. The second-order valence-corrected chi connectivity index (χ2v) is 7.61. The van der Waals surface area contributed by atoms with E-state index < -0.39 is 17.8 Å². The van der Waals surface area contributed by atoms with Gasteiger partial charge in [-0.15, -0.1) is 0 Å². The number of hydrogen-bond donors (Lipinski definition) is 2. The number of ether oxygens (including phenoxy) is 1. The molecule has 4 atom stereocenters. The van der Waals surface area contributed by atoms with E-state index in [0.717, 1.165) is 43.2 Å². The maximum atomic E-state index is 11.8. The molecule has 0 aliphatic heterocycles. The molecule has 2 aliphatic carbocycles. The lowest BCUT2D eigenvalue weighted by molar-refractivity contribution is -0.139. The van der Waals surface area contributed by atoms with Gasteiger partial charge in [-0.2, -0.15) is 0 Å². The summed E-state index contributed by atoms with van der Waals surface area (Å²) < 4.78 is 5.77. The van der Waals surface area contributed by atoms with Gasteiger partial charge in [0.25, 0.3) is 0 Å². The molecule has 0 radical (unpaired) electrons. The van der Waals surface area contributed by atoms with Crippen LogP contribution in [0.15, 0.2) is 41.5 Å². The Morgan fingerprint density at radius 2 is 1.96 bits per heavy atom. The Morgan fingerprint density at radius 3 is 2.64 bits per heavy atom. The molecule has 1 saturated carbocycles. The summed E-state index contributed by atoms with van der Waals surface area (Å²) in [6.07, 6.45) is 7.35. The summed E-state index contributed by atoms with van der Waals surface area (Å²) in [4.78, 5) is 0. The van der Waals surface area contributed by atoms with Gasteiger partial charge in [0.15, 0.2) is 0 Å². The van der Waals surface area contributed by atoms with Crippen LogP contribution in [0.3, 0.4) is 0 Å². The zero-order chi connectivity index (χ0) is 17.9. The Balaban J connectivity index is 1.94. The van der Waals surface area contributed by atoms with Crippen molar-refractivity contribution < 1.29 is 14.9 Å². The van der Waals surface area contributed by atoms with Crippen molar-refractivity contribution in [3.05, 3.63) is 47.0 Å². The van der Waals surface area contributed by atoms with Crippen LogP contribution in [0.5, 0.6) is 0 Å². The molecule has 0 aromatic heterocycles. The minimum absolute atomic E-state index is 0.104. The standard InChI is InChI=1S/C22H32O3/c1-3-4-5-9-15-19-17-13-10-14-18(17)20(23)22(19,24)21(25-2)16-11-7-6-8-12-16/h6-8,11-12,18,20-21,23-24H,3-5,9-10,13-15H2,1-2H3/t18-,20-,21+,22+/m0/s1. The van der Waals surface area contributed by atoms with Gasteiger partial charge < -0.3 is 14.9 Å². The van der Waals surface area contributed by atoms with Crippen LogP contribution < -0.4 is 0 Å². The van der Waals surface area contributed by atoms with Gasteiger partial charge in [-0.1, -0.05) is 62.1 Å². The maximum absolute atomic E-state index is 11.8. The van der Waals surface area contributed by atoms with Gasteiger partial charge in [-0.25, -0.2) is 0 Å². The van der Waals surface area contributed by atoms with Crippen molar-refractivity contribution in [3.63, 3.8) is 0 Å². The van der Waals surface area contributed by atoms with E-state index in [9.17, 15) is 10.2 Å². The molecule has 1 aromatic carbocycles. The molecule has 0 saturated heterocycles. The molecular formula is C22H32O3. The molecule has 1 fully saturated rings. The van der Waals surface area contributed by atoms with Crippen LogP contribution in [-0.2, 0) is 4.74 Å². The van der Waals surface area contributed by atoms with E-state index in [1.54, 1.807) is 7.11 Å². The molecule has 3 nitrogen and oxygen atoms in total. The molecule has 2 N–H and O–H groups in total. The number of methoxy groups -OCH3 is 1. The first-order chi connectivity index (χ1) is 12.1. The smallest absolute Gasteiger partial charge is 0.142 e. The number of aliphatic hydroxyl groups excluding tert-OH is 1. The van der Waals surface area contributed by atoms with E-state index in [0.29, 0.717) is 0 Å². The lowest BCUT2D eigenvalue weighted by Gasteiger charge is -2.39. The highest BCUT2D eigenvalue weighted by Crippen LogP contribution is 2.54. The van der Waals surface area contributed by atoms with Crippen LogP contribution in [0.1, 0.15) is 70.0 Å². The van der Waals surface area contributed by atoms with Crippen molar-refractivity contribution in [2.45, 2.75) is 76.1 Å². The second-order valence-electron chi connectivity index (χ2n) is 7.61. The summed E-state index contributed by atoms with van der Waals surface area (Å²) in [7, 11) is 1.63. The van der Waals surface area contributed by atoms with E-state index in [1.807, 2.05) is 30.3 Å². The molecule has 0 amide bonds. The summed E-state index contributed by atoms with van der Waals surface area (Å²) in [5, 5.41) is 22.8. The Hall–Kier alpha value is -1.16. The molecular weight excluding hydrogens is 312 g/mol. The fourth-order valence-corrected chi connectivity index (χ4v) is 4.94. The predicted molar refractivity (Wildman–Crippen MR) is 100 cm³/mol. The van der Waals surface area contributed by atoms with Crippen molar-refractivity contribution in [3.8, 4) is 0 Å². The minimum atomic E-state index is -1.30. The highest BCUT2D eigenvalue weighted by molar-refractivity contribution is 5.42. The summed E-state index contributed by atoms with van der Waals surface area (Å²) in [5.41, 5.74) is 2.00. The normalized spacial score (nSPS) is 29.9. The van der Waals surface area contributed by atoms with E-state index in [4.69, 9.17) is 4.74 Å². The predicted octanol–water partition coefficient (Wildman–Crippen LogP) is 4.55. The monoisotopic (exact) mass is 344 g/mol. The molecule has 0 bridgehead atoms. The highest BCUT2D eigenvalue weighted by atomic mass is 16.5. The van der Waals surface area contributed by atoms with Crippen molar-refractivity contribution in [2.24, 2.45) is 5.92 Å². The first-order valence-electron chi connectivity index (χ1n) is 9.85. The number of fused-ring (bicyclic) bond motifs is 1. The maximum Gasteiger partial charge on any atom is 0.142 e. The highest BCUT2D eigenvalue weighted by Gasteiger charge is 2.57. The molecule has 0 spiro atoms. The molecule has 3 heteroatoms. The third kappa shape index (κ3) is 3.30. The zero-order valence-electron chi connectivity index (χ0n) is 15.6. The van der Waals surface area contributed by atoms with Gasteiger partial charge in [0.05, 0.1) is 6.10 Å². The summed E-state index contributed by atoms with van der Waals surface area (Å²) in [6, 6.07) is 9.84. The lowest BCUT2D eigenvalue weighted by Crippen LogP contribution is -2.49. The van der Waals surface area contributed by atoms with E-state index in [1.165, 1.54) is 24.8 Å². The Kier molecular flexibility index (Phi) is 5.98. The van der Waals surface area contributed by atoms with Crippen LogP contribution in [0.4, 0.5) is 0 Å². The number of unbranched alkanes of at least 4 members (excludes halogenated alkanes) is 3. The number of rotatable bonds is 8. The molecule has 3 rings (SSSR count). The minimum Gasteiger partial charge on any atom is -0.389 e. The van der Waals surface area contributed by atoms with Gasteiger partial charge in [0.2, 0.25) is 0 Å². The number of aliphatic hydroxyl groups is 2. The average Bonchev–Trinajstić information content (AvgIpc) is 3.17. The van der Waals surface area contributed by atoms with Gasteiger partial charge in [-0.3, -0.25) is 0 Å². The van der Waals surface area contributed by atoms with Crippen molar-refractivity contribution in [2.75, 3.05) is 7.11 Å². The molecule has 1 aromatic rings. The third-order valence-electron chi connectivity index (χ3n) is 6.13. The Bertz CT molecular complexity index is 595. The van der Waals surface area contributed by atoms with Crippen LogP contribution in [-0.4, -0.2) is 29.0 Å². The molecule has 2 aliphatic rings. The topological polar surface area (TPSA) is 49.7 Å². The van der Waals surface area contributed by atoms with Crippen LogP contribution in [0, 0.1) is 5.92 Å². The number of benzene rings is 1. The van der Waals surface area contributed by atoms with Gasteiger partial charge >= 0.3 is 0 Å². The molecule has 0 heterocycles.